The predicted octanol–water partition coefficient (Wildman–Crippen LogP) is 1.86. The molecule has 0 aliphatic carbocycles. The Kier molecular flexibility index (Phi) is 5.37. The summed E-state index contributed by atoms with van der Waals surface area (Å²) in [7, 11) is 0. The minimum Gasteiger partial charge on any atom is -0.330 e. The fraction of sp³-hybridized carbons (Fsp3) is 0.538. The molecule has 15 heavy (non-hydrogen) atoms. The normalized spacial score (nSPS) is 12.7. The van der Waals surface area contributed by atoms with Crippen LogP contribution < -0.4 is 11.1 Å². The van der Waals surface area contributed by atoms with E-state index in [4.69, 9.17) is 5.73 Å². The molecule has 3 N–H and O–H groups in total. The van der Waals surface area contributed by atoms with Crippen molar-refractivity contribution < 1.29 is 0 Å². The summed E-state index contributed by atoms with van der Waals surface area (Å²) < 4.78 is 0. The van der Waals surface area contributed by atoms with Crippen molar-refractivity contribution in [2.45, 2.75) is 32.7 Å². The lowest BCUT2D eigenvalue weighted by atomic mass is 10.1. The Labute approximate surface area is 92.9 Å². The van der Waals surface area contributed by atoms with E-state index < -0.39 is 0 Å². The van der Waals surface area contributed by atoms with E-state index in [9.17, 15) is 0 Å². The van der Waals surface area contributed by atoms with Crippen LogP contribution in [0.5, 0.6) is 0 Å². The van der Waals surface area contributed by atoms with E-state index in [0.29, 0.717) is 6.04 Å². The molecule has 1 rings (SSSR count). The molecule has 0 amide bonds. The summed E-state index contributed by atoms with van der Waals surface area (Å²) in [6.45, 7) is 6.11. The molecule has 0 bridgehead atoms. The predicted molar refractivity (Wildman–Crippen MR) is 66.0 cm³/mol. The molecule has 0 saturated carbocycles. The van der Waals surface area contributed by atoms with E-state index in [0.717, 1.165) is 25.9 Å². The zero-order valence-corrected chi connectivity index (χ0v) is 9.79. The van der Waals surface area contributed by atoms with Gasteiger partial charge in [-0.25, -0.2) is 0 Å². The summed E-state index contributed by atoms with van der Waals surface area (Å²) in [5.41, 5.74) is 8.23. The molecule has 1 unspecified atom stereocenters. The zero-order chi connectivity index (χ0) is 11.1. The molecule has 0 fully saturated rings. The monoisotopic (exact) mass is 206 g/mol. The quantitative estimate of drug-likeness (QED) is 0.745. The molecular weight excluding hydrogens is 184 g/mol. The van der Waals surface area contributed by atoms with Crippen molar-refractivity contribution in [2.75, 3.05) is 13.1 Å². The highest BCUT2D eigenvalue weighted by Crippen LogP contribution is 2.04. The van der Waals surface area contributed by atoms with Gasteiger partial charge in [0.05, 0.1) is 0 Å². The molecule has 84 valence electrons. The molecule has 0 heterocycles. The Morgan fingerprint density at radius 3 is 2.87 bits per heavy atom. The Bertz CT molecular complexity index is 284. The average molecular weight is 206 g/mol. The van der Waals surface area contributed by atoms with Gasteiger partial charge in [0.1, 0.15) is 0 Å². The Morgan fingerprint density at radius 2 is 2.20 bits per heavy atom. The number of hydrogen-bond acceptors (Lipinski definition) is 2. The van der Waals surface area contributed by atoms with Crippen LogP contribution in [0.3, 0.4) is 0 Å². The van der Waals surface area contributed by atoms with Gasteiger partial charge in [0, 0.05) is 6.04 Å². The van der Waals surface area contributed by atoms with Gasteiger partial charge in [0.25, 0.3) is 0 Å². The van der Waals surface area contributed by atoms with Gasteiger partial charge in [-0.15, -0.1) is 0 Å². The maximum absolute atomic E-state index is 5.49. The number of benzene rings is 1. The summed E-state index contributed by atoms with van der Waals surface area (Å²) in [5, 5.41) is 3.47. The van der Waals surface area contributed by atoms with Crippen LogP contribution in [0.1, 0.15) is 24.5 Å². The fourth-order valence-corrected chi connectivity index (χ4v) is 1.68. The number of aryl methyl sites for hydroxylation is 1. The largest absolute Gasteiger partial charge is 0.330 e. The SMILES string of the molecule is Cc1cccc(CCNC(C)CCN)c1. The second-order valence-corrected chi connectivity index (χ2v) is 4.17. The smallest absolute Gasteiger partial charge is 0.00508 e. The first-order chi connectivity index (χ1) is 7.22. The summed E-state index contributed by atoms with van der Waals surface area (Å²) >= 11 is 0. The maximum Gasteiger partial charge on any atom is 0.00508 e. The first-order valence-corrected chi connectivity index (χ1v) is 5.71. The van der Waals surface area contributed by atoms with Gasteiger partial charge in [-0.3, -0.25) is 0 Å². The van der Waals surface area contributed by atoms with Crippen LogP contribution in [0, 0.1) is 6.92 Å². The third-order valence-electron chi connectivity index (χ3n) is 2.59. The van der Waals surface area contributed by atoms with Gasteiger partial charge in [-0.05, 0) is 45.3 Å². The van der Waals surface area contributed by atoms with Gasteiger partial charge in [0.2, 0.25) is 0 Å². The van der Waals surface area contributed by atoms with Crippen LogP contribution in [0.25, 0.3) is 0 Å². The fourth-order valence-electron chi connectivity index (χ4n) is 1.68. The van der Waals surface area contributed by atoms with Crippen molar-refractivity contribution in [3.63, 3.8) is 0 Å². The molecule has 0 aliphatic heterocycles. The number of rotatable bonds is 6. The van der Waals surface area contributed by atoms with Gasteiger partial charge >= 0.3 is 0 Å². The lowest BCUT2D eigenvalue weighted by Crippen LogP contribution is -2.30. The van der Waals surface area contributed by atoms with E-state index in [1.54, 1.807) is 0 Å². The number of nitrogens with two attached hydrogens (primary N) is 1. The zero-order valence-electron chi connectivity index (χ0n) is 9.79. The topological polar surface area (TPSA) is 38.0 Å². The molecule has 0 aromatic heterocycles. The van der Waals surface area contributed by atoms with E-state index in [1.165, 1.54) is 11.1 Å². The minimum atomic E-state index is 0.528. The van der Waals surface area contributed by atoms with Crippen LogP contribution in [0.4, 0.5) is 0 Å². The summed E-state index contributed by atoms with van der Waals surface area (Å²) in [4.78, 5) is 0. The summed E-state index contributed by atoms with van der Waals surface area (Å²) in [5.74, 6) is 0. The van der Waals surface area contributed by atoms with Crippen LogP contribution in [0.15, 0.2) is 24.3 Å². The molecule has 0 saturated heterocycles. The summed E-state index contributed by atoms with van der Waals surface area (Å²) in [6.07, 6.45) is 2.14. The van der Waals surface area contributed by atoms with E-state index in [-0.39, 0.29) is 0 Å². The second-order valence-electron chi connectivity index (χ2n) is 4.17. The molecule has 0 aliphatic rings. The van der Waals surface area contributed by atoms with Crippen molar-refractivity contribution in [2.24, 2.45) is 5.73 Å². The average Bonchev–Trinajstić information content (AvgIpc) is 2.18. The second kappa shape index (κ2) is 6.59. The Balaban J connectivity index is 2.25. The minimum absolute atomic E-state index is 0.528. The van der Waals surface area contributed by atoms with Crippen LogP contribution in [-0.2, 0) is 6.42 Å². The highest BCUT2D eigenvalue weighted by atomic mass is 14.9. The molecule has 2 nitrogen and oxygen atoms in total. The van der Waals surface area contributed by atoms with Crippen LogP contribution in [-0.4, -0.2) is 19.1 Å². The maximum atomic E-state index is 5.49. The Morgan fingerprint density at radius 1 is 1.40 bits per heavy atom. The molecule has 2 heteroatoms. The first-order valence-electron chi connectivity index (χ1n) is 5.71. The van der Waals surface area contributed by atoms with Gasteiger partial charge in [-0.2, -0.15) is 0 Å². The lowest BCUT2D eigenvalue weighted by Gasteiger charge is -2.12. The molecule has 1 aromatic rings. The van der Waals surface area contributed by atoms with Crippen molar-refractivity contribution in [1.82, 2.24) is 5.32 Å². The molecule has 1 atom stereocenters. The van der Waals surface area contributed by atoms with Crippen molar-refractivity contribution >= 4 is 0 Å². The molecule has 1 aromatic carbocycles. The van der Waals surface area contributed by atoms with Gasteiger partial charge in [-0.1, -0.05) is 29.8 Å². The van der Waals surface area contributed by atoms with Crippen molar-refractivity contribution in [3.8, 4) is 0 Å². The van der Waals surface area contributed by atoms with E-state index in [2.05, 4.69) is 43.4 Å². The van der Waals surface area contributed by atoms with Crippen LogP contribution in [0.2, 0.25) is 0 Å². The van der Waals surface area contributed by atoms with Crippen molar-refractivity contribution in [1.29, 1.82) is 0 Å². The summed E-state index contributed by atoms with van der Waals surface area (Å²) in [6, 6.07) is 9.21. The third kappa shape index (κ3) is 4.96. The standard InChI is InChI=1S/C13H22N2/c1-11-4-3-5-13(10-11)7-9-15-12(2)6-8-14/h3-5,10,12,15H,6-9,14H2,1-2H3. The van der Waals surface area contributed by atoms with Gasteiger partial charge < -0.3 is 11.1 Å². The molecular formula is C13H22N2. The van der Waals surface area contributed by atoms with E-state index >= 15 is 0 Å². The Hall–Kier alpha value is -0.860. The van der Waals surface area contributed by atoms with Crippen molar-refractivity contribution in [3.05, 3.63) is 35.4 Å². The van der Waals surface area contributed by atoms with Crippen LogP contribution >= 0.6 is 0 Å². The number of hydrogen-bond donors (Lipinski definition) is 2. The molecule has 0 spiro atoms. The molecule has 0 radical (unpaired) electrons. The van der Waals surface area contributed by atoms with E-state index in [1.807, 2.05) is 0 Å². The highest BCUT2D eigenvalue weighted by Gasteiger charge is 1.99. The first kappa shape index (κ1) is 12.2. The third-order valence-corrected chi connectivity index (χ3v) is 2.59. The van der Waals surface area contributed by atoms with Gasteiger partial charge in [0.15, 0.2) is 0 Å². The lowest BCUT2D eigenvalue weighted by molar-refractivity contribution is 0.523. The number of nitrogens with one attached hydrogen (secondary N) is 1. The highest BCUT2D eigenvalue weighted by molar-refractivity contribution is 5.22.